The monoisotopic (exact) mass is 370 g/mol. The number of esters is 1. The average Bonchev–Trinajstić information content (AvgIpc) is 2.84. The van der Waals surface area contributed by atoms with Gasteiger partial charge >= 0.3 is 5.97 Å². The van der Waals surface area contributed by atoms with Gasteiger partial charge in [0.15, 0.2) is 5.11 Å². The summed E-state index contributed by atoms with van der Waals surface area (Å²) in [6.07, 6.45) is 6.73. The van der Waals surface area contributed by atoms with Crippen molar-refractivity contribution in [3.8, 4) is 0 Å². The minimum atomic E-state index is -0.252. The van der Waals surface area contributed by atoms with E-state index >= 15 is 0 Å². The minimum Gasteiger partial charge on any atom is -0.462 e. The fraction of sp³-hybridized carbons (Fsp3) is 0.647. The maximum atomic E-state index is 12.5. The topological polar surface area (TPSA) is 59.6 Å². The number of thiocarbonyl (C=S) groups is 1. The molecule has 0 saturated carbocycles. The summed E-state index contributed by atoms with van der Waals surface area (Å²) < 4.78 is 10.3. The third kappa shape index (κ3) is 5.16. The first-order chi connectivity index (χ1) is 11.7. The lowest BCUT2D eigenvalue weighted by atomic mass is 9.96. The number of hydrogen-bond donors (Lipinski definition) is 2. The number of anilines is 1. The summed E-state index contributed by atoms with van der Waals surface area (Å²) >= 11 is 6.97. The highest BCUT2D eigenvalue weighted by Gasteiger charge is 2.25. The van der Waals surface area contributed by atoms with E-state index in [1.54, 1.807) is 18.4 Å². The summed E-state index contributed by atoms with van der Waals surface area (Å²) in [6, 6.07) is 0. The Kier molecular flexibility index (Phi) is 7.94. The van der Waals surface area contributed by atoms with Crippen molar-refractivity contribution in [2.24, 2.45) is 0 Å². The third-order valence-electron chi connectivity index (χ3n) is 3.97. The van der Waals surface area contributed by atoms with E-state index in [0.717, 1.165) is 29.8 Å². The Morgan fingerprint density at radius 2 is 2.00 bits per heavy atom. The summed E-state index contributed by atoms with van der Waals surface area (Å²) in [4.78, 5) is 13.8. The number of rotatable bonds is 6. The van der Waals surface area contributed by atoms with Gasteiger partial charge in [-0.3, -0.25) is 0 Å². The van der Waals surface area contributed by atoms with Gasteiger partial charge in [-0.15, -0.1) is 11.3 Å². The molecule has 0 saturated heterocycles. The highest BCUT2D eigenvalue weighted by Crippen LogP contribution is 2.37. The van der Waals surface area contributed by atoms with Gasteiger partial charge in [0.2, 0.25) is 0 Å². The van der Waals surface area contributed by atoms with Crippen molar-refractivity contribution in [3.05, 3.63) is 16.0 Å². The molecule has 1 aliphatic carbocycles. The van der Waals surface area contributed by atoms with Crippen molar-refractivity contribution in [1.29, 1.82) is 0 Å². The Balaban J connectivity index is 2.22. The van der Waals surface area contributed by atoms with Crippen LogP contribution >= 0.6 is 23.6 Å². The van der Waals surface area contributed by atoms with Gasteiger partial charge in [-0.25, -0.2) is 4.79 Å². The van der Waals surface area contributed by atoms with E-state index in [9.17, 15) is 4.79 Å². The van der Waals surface area contributed by atoms with Crippen LogP contribution in [0.25, 0.3) is 0 Å². The van der Waals surface area contributed by atoms with Crippen LogP contribution in [-0.4, -0.2) is 38.0 Å². The first kappa shape index (κ1) is 19.1. The molecule has 0 spiro atoms. The predicted octanol–water partition coefficient (Wildman–Crippen LogP) is 3.52. The summed E-state index contributed by atoms with van der Waals surface area (Å²) in [5, 5.41) is 7.58. The smallest absolute Gasteiger partial charge is 0.341 e. The Hall–Kier alpha value is -1.18. The SMILES string of the molecule is CCOC(=O)c1c(NC(=S)NCCOC)sc2c1CCCCCC2. The Labute approximate surface area is 153 Å². The van der Waals surface area contributed by atoms with Crippen molar-refractivity contribution >= 4 is 39.6 Å². The highest BCUT2D eigenvalue weighted by molar-refractivity contribution is 7.80. The van der Waals surface area contributed by atoms with Crippen molar-refractivity contribution in [2.75, 3.05) is 32.2 Å². The number of aryl methyl sites for hydroxylation is 1. The summed E-state index contributed by atoms with van der Waals surface area (Å²) in [5.74, 6) is -0.252. The standard InChI is InChI=1S/C17H26N2O3S2/c1-3-22-16(20)14-12-8-6-4-5-7-9-13(12)24-15(14)19-17(23)18-10-11-21-2/h3-11H2,1-2H3,(H2,18,19,23). The minimum absolute atomic E-state index is 0.252. The molecule has 134 valence electrons. The van der Waals surface area contributed by atoms with Gasteiger partial charge < -0.3 is 20.1 Å². The lowest BCUT2D eigenvalue weighted by Gasteiger charge is -2.12. The van der Waals surface area contributed by atoms with E-state index in [4.69, 9.17) is 21.7 Å². The lowest BCUT2D eigenvalue weighted by molar-refractivity contribution is 0.0526. The molecule has 0 aromatic carbocycles. The first-order valence-corrected chi connectivity index (χ1v) is 9.75. The zero-order valence-corrected chi connectivity index (χ0v) is 16.0. The number of methoxy groups -OCH3 is 1. The Morgan fingerprint density at radius 1 is 1.25 bits per heavy atom. The van der Waals surface area contributed by atoms with E-state index in [0.29, 0.717) is 30.4 Å². The molecule has 1 aliphatic rings. The molecule has 0 aliphatic heterocycles. The van der Waals surface area contributed by atoms with Crippen molar-refractivity contribution in [3.63, 3.8) is 0 Å². The molecule has 2 rings (SSSR count). The predicted molar refractivity (Wildman–Crippen MR) is 102 cm³/mol. The molecule has 0 radical (unpaired) electrons. The second-order valence-electron chi connectivity index (χ2n) is 5.72. The van der Waals surface area contributed by atoms with Crippen LogP contribution in [0, 0.1) is 0 Å². The quantitative estimate of drug-likeness (QED) is 0.454. The van der Waals surface area contributed by atoms with E-state index in [1.165, 1.54) is 24.1 Å². The molecule has 2 N–H and O–H groups in total. The van der Waals surface area contributed by atoms with E-state index in [1.807, 2.05) is 6.92 Å². The number of hydrogen-bond acceptors (Lipinski definition) is 5. The molecule has 0 bridgehead atoms. The van der Waals surface area contributed by atoms with Crippen LogP contribution in [0.2, 0.25) is 0 Å². The molecule has 0 atom stereocenters. The molecule has 1 aromatic rings. The number of carbonyl (C=O) groups excluding carboxylic acids is 1. The van der Waals surface area contributed by atoms with Gasteiger partial charge in [0.1, 0.15) is 5.00 Å². The number of ether oxygens (including phenoxy) is 2. The molecule has 1 aromatic heterocycles. The molecular formula is C17H26N2O3S2. The maximum Gasteiger partial charge on any atom is 0.341 e. The van der Waals surface area contributed by atoms with Crippen LogP contribution in [0.3, 0.4) is 0 Å². The molecule has 0 fully saturated rings. The zero-order chi connectivity index (χ0) is 17.4. The van der Waals surface area contributed by atoms with Gasteiger partial charge in [0.05, 0.1) is 18.8 Å². The molecule has 1 heterocycles. The van der Waals surface area contributed by atoms with E-state index in [2.05, 4.69) is 10.6 Å². The number of carbonyl (C=O) groups is 1. The summed E-state index contributed by atoms with van der Waals surface area (Å²) in [7, 11) is 1.65. The van der Waals surface area contributed by atoms with E-state index < -0.39 is 0 Å². The molecule has 0 amide bonds. The van der Waals surface area contributed by atoms with Crippen LogP contribution in [0.1, 0.15) is 53.4 Å². The van der Waals surface area contributed by atoms with Crippen LogP contribution in [0.15, 0.2) is 0 Å². The van der Waals surface area contributed by atoms with E-state index in [-0.39, 0.29) is 5.97 Å². The fourth-order valence-corrected chi connectivity index (χ4v) is 4.39. The number of thiophene rings is 1. The highest BCUT2D eigenvalue weighted by atomic mass is 32.1. The first-order valence-electron chi connectivity index (χ1n) is 8.52. The largest absolute Gasteiger partial charge is 0.462 e. The zero-order valence-electron chi connectivity index (χ0n) is 14.4. The number of fused-ring (bicyclic) bond motifs is 1. The summed E-state index contributed by atoms with van der Waals surface area (Å²) in [6.45, 7) is 3.41. The van der Waals surface area contributed by atoms with Crippen molar-refractivity contribution in [2.45, 2.75) is 45.4 Å². The number of nitrogens with one attached hydrogen (secondary N) is 2. The second-order valence-corrected chi connectivity index (χ2v) is 7.23. The van der Waals surface area contributed by atoms with Gasteiger partial charge in [-0.2, -0.15) is 0 Å². The molecule has 7 heteroatoms. The Morgan fingerprint density at radius 3 is 2.71 bits per heavy atom. The fourth-order valence-electron chi connectivity index (χ4n) is 2.84. The molecule has 24 heavy (non-hydrogen) atoms. The summed E-state index contributed by atoms with van der Waals surface area (Å²) in [5.41, 5.74) is 1.83. The van der Waals surface area contributed by atoms with Crippen LogP contribution in [0.5, 0.6) is 0 Å². The molecule has 0 unspecified atom stereocenters. The normalized spacial score (nSPS) is 14.2. The van der Waals surface area contributed by atoms with Crippen LogP contribution < -0.4 is 10.6 Å². The van der Waals surface area contributed by atoms with Crippen LogP contribution in [0.4, 0.5) is 5.00 Å². The average molecular weight is 371 g/mol. The van der Waals surface area contributed by atoms with Gasteiger partial charge in [-0.1, -0.05) is 12.8 Å². The third-order valence-corrected chi connectivity index (χ3v) is 5.42. The van der Waals surface area contributed by atoms with Gasteiger partial charge in [0, 0.05) is 18.5 Å². The lowest BCUT2D eigenvalue weighted by Crippen LogP contribution is -2.31. The molecule has 5 nitrogen and oxygen atoms in total. The Bertz CT molecular complexity index is 572. The van der Waals surface area contributed by atoms with Crippen LogP contribution in [-0.2, 0) is 22.3 Å². The molecular weight excluding hydrogens is 344 g/mol. The van der Waals surface area contributed by atoms with Gasteiger partial charge in [-0.05, 0) is 50.4 Å². The maximum absolute atomic E-state index is 12.5. The second kappa shape index (κ2) is 9.96. The van der Waals surface area contributed by atoms with Crippen molar-refractivity contribution in [1.82, 2.24) is 5.32 Å². The van der Waals surface area contributed by atoms with Gasteiger partial charge in [0.25, 0.3) is 0 Å². The van der Waals surface area contributed by atoms with Crippen molar-refractivity contribution < 1.29 is 14.3 Å².